The van der Waals surface area contributed by atoms with Crippen LogP contribution in [0.15, 0.2) is 12.4 Å². The van der Waals surface area contributed by atoms with Crippen molar-refractivity contribution in [3.8, 4) is 0 Å². The van der Waals surface area contributed by atoms with Gasteiger partial charge in [-0.25, -0.2) is 4.39 Å². The fourth-order valence-electron chi connectivity index (χ4n) is 0.159. The number of rotatable bonds is 2. The van der Waals surface area contributed by atoms with Gasteiger partial charge in [-0.2, -0.15) is 0 Å². The molecule has 6 heavy (non-hydrogen) atoms. The Labute approximate surface area is 36.6 Å². The molecule has 0 saturated carbocycles. The normalized spacial score (nSPS) is 10.3. The molecule has 0 unspecified atom stereocenters. The van der Waals surface area contributed by atoms with Crippen LogP contribution in [0.3, 0.4) is 0 Å². The van der Waals surface area contributed by atoms with E-state index in [0.717, 1.165) is 0 Å². The molecule has 36 valence electrons. The molecular formula is C4H8FN. The van der Waals surface area contributed by atoms with Gasteiger partial charge >= 0.3 is 0 Å². The Hall–Kier alpha value is -0.370. The van der Waals surface area contributed by atoms with E-state index in [9.17, 15) is 4.39 Å². The lowest BCUT2D eigenvalue weighted by molar-refractivity contribution is 0.713. The van der Waals surface area contributed by atoms with Crippen molar-refractivity contribution in [3.63, 3.8) is 0 Å². The summed E-state index contributed by atoms with van der Waals surface area (Å²) in [6.45, 7) is 0.528. The SMILES string of the molecule is NCCC=CF. The quantitative estimate of drug-likeness (QED) is 0.532. The van der Waals surface area contributed by atoms with Crippen molar-refractivity contribution in [1.82, 2.24) is 0 Å². The minimum Gasteiger partial charge on any atom is -0.330 e. The lowest BCUT2D eigenvalue weighted by Gasteiger charge is -1.75. The molecule has 0 spiro atoms. The van der Waals surface area contributed by atoms with Gasteiger partial charge in [0.15, 0.2) is 0 Å². The van der Waals surface area contributed by atoms with Gasteiger partial charge in [0.2, 0.25) is 0 Å². The molecule has 0 radical (unpaired) electrons. The van der Waals surface area contributed by atoms with E-state index >= 15 is 0 Å². The van der Waals surface area contributed by atoms with Gasteiger partial charge in [-0.05, 0) is 13.0 Å². The van der Waals surface area contributed by atoms with Crippen LogP contribution in [-0.4, -0.2) is 6.54 Å². The molecule has 0 fully saturated rings. The minimum absolute atomic E-state index is 0.507. The third-order valence-electron chi connectivity index (χ3n) is 0.422. The fraction of sp³-hybridized carbons (Fsp3) is 0.500. The molecule has 0 aliphatic heterocycles. The predicted octanol–water partition coefficient (Wildman–Crippen LogP) is 0.818. The first-order valence-electron chi connectivity index (χ1n) is 1.87. The van der Waals surface area contributed by atoms with Gasteiger partial charge in [0.25, 0.3) is 0 Å². The highest BCUT2D eigenvalue weighted by molar-refractivity contribution is 4.71. The van der Waals surface area contributed by atoms with Crippen LogP contribution in [0.5, 0.6) is 0 Å². The van der Waals surface area contributed by atoms with Crippen molar-refractivity contribution in [2.45, 2.75) is 6.42 Å². The van der Waals surface area contributed by atoms with E-state index in [1.165, 1.54) is 6.08 Å². The lowest BCUT2D eigenvalue weighted by Crippen LogP contribution is -1.94. The Morgan fingerprint density at radius 2 is 2.33 bits per heavy atom. The molecule has 0 heterocycles. The zero-order chi connectivity index (χ0) is 4.83. The van der Waals surface area contributed by atoms with Crippen LogP contribution in [-0.2, 0) is 0 Å². The zero-order valence-corrected chi connectivity index (χ0v) is 3.52. The first-order valence-corrected chi connectivity index (χ1v) is 1.87. The highest BCUT2D eigenvalue weighted by Crippen LogP contribution is 1.76. The van der Waals surface area contributed by atoms with Crippen molar-refractivity contribution >= 4 is 0 Å². The summed E-state index contributed by atoms with van der Waals surface area (Å²) in [5.41, 5.74) is 5.00. The Bertz CT molecular complexity index is 42.8. The van der Waals surface area contributed by atoms with Crippen molar-refractivity contribution in [2.75, 3.05) is 6.54 Å². The summed E-state index contributed by atoms with van der Waals surface area (Å²) < 4.78 is 10.9. The number of halogens is 1. The van der Waals surface area contributed by atoms with E-state index in [1.54, 1.807) is 0 Å². The topological polar surface area (TPSA) is 26.0 Å². The van der Waals surface area contributed by atoms with Crippen LogP contribution in [0.1, 0.15) is 6.42 Å². The average molecular weight is 89.1 g/mol. The molecule has 0 aromatic carbocycles. The monoisotopic (exact) mass is 89.1 g/mol. The Balaban J connectivity index is 2.66. The van der Waals surface area contributed by atoms with Gasteiger partial charge in [-0.3, -0.25) is 0 Å². The van der Waals surface area contributed by atoms with Gasteiger partial charge in [0, 0.05) is 0 Å². The molecule has 0 aromatic heterocycles. The van der Waals surface area contributed by atoms with Crippen molar-refractivity contribution in [3.05, 3.63) is 12.4 Å². The van der Waals surface area contributed by atoms with Crippen LogP contribution in [0.2, 0.25) is 0 Å². The summed E-state index contributed by atoms with van der Waals surface area (Å²) in [6.07, 6.45) is 2.53. The van der Waals surface area contributed by atoms with Crippen LogP contribution in [0, 0.1) is 0 Å². The number of nitrogens with two attached hydrogens (primary N) is 1. The third-order valence-corrected chi connectivity index (χ3v) is 0.422. The average Bonchev–Trinajstić information content (AvgIpc) is 1.61. The molecule has 0 rings (SSSR count). The molecule has 2 N–H and O–H groups in total. The van der Waals surface area contributed by atoms with Gasteiger partial charge in [-0.1, -0.05) is 6.08 Å². The summed E-state index contributed by atoms with van der Waals surface area (Å²) >= 11 is 0. The lowest BCUT2D eigenvalue weighted by atomic mass is 10.4. The van der Waals surface area contributed by atoms with Gasteiger partial charge < -0.3 is 5.73 Å². The zero-order valence-electron chi connectivity index (χ0n) is 3.52. The molecule has 1 nitrogen and oxygen atoms in total. The summed E-state index contributed by atoms with van der Waals surface area (Å²) in [5, 5.41) is 0. The Morgan fingerprint density at radius 1 is 1.67 bits per heavy atom. The van der Waals surface area contributed by atoms with E-state index in [4.69, 9.17) is 5.73 Å². The molecule has 0 aliphatic carbocycles. The van der Waals surface area contributed by atoms with Crippen LogP contribution >= 0.6 is 0 Å². The van der Waals surface area contributed by atoms with Crippen molar-refractivity contribution in [2.24, 2.45) is 5.73 Å². The second-order valence-electron chi connectivity index (χ2n) is 0.939. The second-order valence-corrected chi connectivity index (χ2v) is 0.939. The van der Waals surface area contributed by atoms with Crippen LogP contribution in [0.4, 0.5) is 4.39 Å². The highest BCUT2D eigenvalue weighted by Gasteiger charge is 1.66. The van der Waals surface area contributed by atoms with E-state index in [0.29, 0.717) is 19.3 Å². The molecule has 0 saturated heterocycles. The predicted molar refractivity (Wildman–Crippen MR) is 23.9 cm³/mol. The van der Waals surface area contributed by atoms with Crippen molar-refractivity contribution < 1.29 is 4.39 Å². The fourth-order valence-corrected chi connectivity index (χ4v) is 0.159. The van der Waals surface area contributed by atoms with E-state index in [1.807, 2.05) is 0 Å². The maximum Gasteiger partial charge on any atom is 0.0827 e. The molecule has 0 bridgehead atoms. The minimum atomic E-state index is 0.507. The summed E-state index contributed by atoms with van der Waals surface area (Å²) in [7, 11) is 0. The smallest absolute Gasteiger partial charge is 0.0827 e. The van der Waals surface area contributed by atoms with Crippen molar-refractivity contribution in [1.29, 1.82) is 0 Å². The van der Waals surface area contributed by atoms with Gasteiger partial charge in [0.05, 0.1) is 6.33 Å². The largest absolute Gasteiger partial charge is 0.330 e. The first-order chi connectivity index (χ1) is 2.91. The van der Waals surface area contributed by atoms with E-state index in [-0.39, 0.29) is 0 Å². The standard InChI is InChI=1S/C4H8FN/c5-3-1-2-4-6/h1,3H,2,4,6H2. The number of hydrogen-bond acceptors (Lipinski definition) is 1. The third kappa shape index (κ3) is 3.63. The molecule has 2 heteroatoms. The van der Waals surface area contributed by atoms with Crippen LogP contribution < -0.4 is 5.73 Å². The molecule has 0 atom stereocenters. The summed E-state index contributed by atoms with van der Waals surface area (Å²) in [5.74, 6) is 0. The summed E-state index contributed by atoms with van der Waals surface area (Å²) in [4.78, 5) is 0. The highest BCUT2D eigenvalue weighted by atomic mass is 19.1. The Morgan fingerprint density at radius 3 is 2.50 bits per heavy atom. The van der Waals surface area contributed by atoms with Gasteiger partial charge in [0.1, 0.15) is 0 Å². The Kier molecular flexibility index (Phi) is 4.34. The molecule has 0 amide bonds. The summed E-state index contributed by atoms with van der Waals surface area (Å²) in [6, 6.07) is 0. The molecule has 0 aliphatic rings. The number of hydrogen-bond donors (Lipinski definition) is 1. The van der Waals surface area contributed by atoms with Gasteiger partial charge in [-0.15, -0.1) is 0 Å². The van der Waals surface area contributed by atoms with E-state index in [2.05, 4.69) is 0 Å². The van der Waals surface area contributed by atoms with E-state index < -0.39 is 0 Å². The van der Waals surface area contributed by atoms with Crippen LogP contribution in [0.25, 0.3) is 0 Å². The maximum absolute atomic E-state index is 10.9. The molecular weight excluding hydrogens is 81.0 g/mol. The second kappa shape index (κ2) is 4.63. The maximum atomic E-state index is 10.9. The first kappa shape index (κ1) is 5.63. The molecule has 0 aromatic rings.